The van der Waals surface area contributed by atoms with E-state index in [2.05, 4.69) is 13.2 Å². The number of amides is 3. The number of hydrogen-bond donors (Lipinski definition) is 1. The van der Waals surface area contributed by atoms with Gasteiger partial charge < -0.3 is 24.5 Å². The van der Waals surface area contributed by atoms with Crippen molar-refractivity contribution >= 4 is 23.4 Å². The zero-order valence-corrected chi connectivity index (χ0v) is 24.7. The largest absolute Gasteiger partial charge is 0.394 e. The summed E-state index contributed by atoms with van der Waals surface area (Å²) in [6.45, 7) is 11.8. The first-order valence-electron chi connectivity index (χ1n) is 14.7. The van der Waals surface area contributed by atoms with Crippen LogP contribution < -0.4 is 4.90 Å². The molecule has 0 aliphatic carbocycles. The fraction of sp³-hybridized carbons (Fsp3) is 0.441. The number of aliphatic hydroxyl groups is 1. The summed E-state index contributed by atoms with van der Waals surface area (Å²) in [6, 6.07) is 13.9. The fourth-order valence-corrected chi connectivity index (χ4v) is 7.31. The summed E-state index contributed by atoms with van der Waals surface area (Å²) in [6.07, 6.45) is 4.29. The van der Waals surface area contributed by atoms with Crippen LogP contribution in [0.4, 0.5) is 5.69 Å². The van der Waals surface area contributed by atoms with Crippen molar-refractivity contribution in [3.63, 3.8) is 0 Å². The normalized spacial score (nSPS) is 26.6. The molecule has 0 aromatic heterocycles. The summed E-state index contributed by atoms with van der Waals surface area (Å²) in [5.74, 6) is -2.32. The Morgan fingerprint density at radius 2 is 1.83 bits per heavy atom. The first-order valence-corrected chi connectivity index (χ1v) is 14.7. The Bertz CT molecular complexity index is 1380. The molecule has 5 rings (SSSR count). The van der Waals surface area contributed by atoms with Gasteiger partial charge in [0.2, 0.25) is 11.8 Å². The molecule has 42 heavy (non-hydrogen) atoms. The van der Waals surface area contributed by atoms with Gasteiger partial charge in [0.25, 0.3) is 5.91 Å². The number of likely N-dealkylation sites (N-methyl/N-ethyl adjacent to an activating group) is 1. The molecule has 3 aliphatic heterocycles. The smallest absolute Gasteiger partial charge is 0.253 e. The van der Waals surface area contributed by atoms with E-state index in [0.29, 0.717) is 25.8 Å². The van der Waals surface area contributed by atoms with Gasteiger partial charge in [0.05, 0.1) is 30.6 Å². The van der Waals surface area contributed by atoms with Crippen molar-refractivity contribution in [1.29, 1.82) is 0 Å². The zero-order valence-electron chi connectivity index (χ0n) is 24.7. The molecule has 3 fully saturated rings. The van der Waals surface area contributed by atoms with Crippen LogP contribution in [0.5, 0.6) is 0 Å². The number of anilines is 1. The predicted octanol–water partition coefficient (Wildman–Crippen LogP) is 3.45. The quantitative estimate of drug-likeness (QED) is 0.418. The number of carbonyl (C=O) groups is 3. The lowest BCUT2D eigenvalue weighted by atomic mass is 9.70. The van der Waals surface area contributed by atoms with Crippen LogP contribution in [0, 0.1) is 25.7 Å². The molecule has 1 spiro atoms. The number of nitrogens with zero attached hydrogens (tertiary/aromatic N) is 3. The zero-order chi connectivity index (χ0) is 30.2. The van der Waals surface area contributed by atoms with Crippen LogP contribution in [0.3, 0.4) is 0 Å². The molecule has 2 aromatic rings. The number of hydrogen-bond acceptors (Lipinski definition) is 5. The van der Waals surface area contributed by atoms with E-state index in [1.165, 1.54) is 0 Å². The Labute approximate surface area is 248 Å². The average Bonchev–Trinajstić information content (AvgIpc) is 3.63. The number of aliphatic hydroxyl groups excluding tert-OH is 1. The lowest BCUT2D eigenvalue weighted by Crippen LogP contribution is -2.59. The molecule has 8 heteroatoms. The molecule has 2 unspecified atom stereocenters. The van der Waals surface area contributed by atoms with E-state index in [9.17, 15) is 19.5 Å². The number of carbonyl (C=O) groups excluding carboxylic acids is 3. The summed E-state index contributed by atoms with van der Waals surface area (Å²) in [5.41, 5.74) is 2.42. The van der Waals surface area contributed by atoms with Crippen molar-refractivity contribution in [2.24, 2.45) is 11.8 Å². The van der Waals surface area contributed by atoms with E-state index in [-0.39, 0.29) is 30.9 Å². The Morgan fingerprint density at radius 1 is 1.12 bits per heavy atom. The summed E-state index contributed by atoms with van der Waals surface area (Å²) in [5, 5.41) is 10.7. The third kappa shape index (κ3) is 4.86. The molecule has 6 atom stereocenters. The number of likely N-dealkylation sites (tertiary alicyclic amines) is 1. The molecule has 2 aromatic carbocycles. The number of benzene rings is 2. The molecule has 2 bridgehead atoms. The topological polar surface area (TPSA) is 90.4 Å². The molecular formula is C34H41N3O5. The van der Waals surface area contributed by atoms with Gasteiger partial charge in [-0.25, -0.2) is 0 Å². The second-order valence-electron chi connectivity index (χ2n) is 11.9. The third-order valence-electron chi connectivity index (χ3n) is 9.19. The molecule has 1 N–H and O–H groups in total. The highest BCUT2D eigenvalue weighted by molar-refractivity contribution is 6.05. The highest BCUT2D eigenvalue weighted by Crippen LogP contribution is 2.59. The van der Waals surface area contributed by atoms with Crippen LogP contribution in [-0.4, -0.2) is 83.2 Å². The van der Waals surface area contributed by atoms with Crippen LogP contribution in [0.25, 0.3) is 0 Å². The highest BCUT2D eigenvalue weighted by atomic mass is 16.5. The van der Waals surface area contributed by atoms with E-state index < -0.39 is 35.6 Å². The van der Waals surface area contributed by atoms with Gasteiger partial charge in [-0.3, -0.25) is 14.4 Å². The van der Waals surface area contributed by atoms with Crippen molar-refractivity contribution in [1.82, 2.24) is 9.80 Å². The SMILES string of the molecule is C=CCN(C)C(=O)[C@@H]1[C@@H]2CCC3(O2)C(C(=O)N(CC=C)c2cc(C)ccc2C)N([C@@H](CO)Cc2ccccc2)C(=O)[C@H]13. The van der Waals surface area contributed by atoms with E-state index >= 15 is 0 Å². The van der Waals surface area contributed by atoms with Gasteiger partial charge >= 0.3 is 0 Å². The molecule has 3 aliphatic rings. The van der Waals surface area contributed by atoms with Gasteiger partial charge in [-0.2, -0.15) is 0 Å². The number of rotatable bonds is 11. The monoisotopic (exact) mass is 571 g/mol. The Morgan fingerprint density at radius 3 is 2.50 bits per heavy atom. The maximum Gasteiger partial charge on any atom is 0.253 e. The minimum Gasteiger partial charge on any atom is -0.394 e. The van der Waals surface area contributed by atoms with E-state index in [4.69, 9.17) is 4.74 Å². The second-order valence-corrected chi connectivity index (χ2v) is 11.9. The predicted molar refractivity (Wildman–Crippen MR) is 162 cm³/mol. The maximum absolute atomic E-state index is 14.9. The Kier molecular flexibility index (Phi) is 8.39. The summed E-state index contributed by atoms with van der Waals surface area (Å²) < 4.78 is 6.65. The van der Waals surface area contributed by atoms with Gasteiger partial charge in [-0.1, -0.05) is 54.6 Å². The minimum absolute atomic E-state index is 0.186. The van der Waals surface area contributed by atoms with Crippen molar-refractivity contribution in [3.05, 3.63) is 90.5 Å². The summed E-state index contributed by atoms with van der Waals surface area (Å²) in [4.78, 5) is 48.0. The van der Waals surface area contributed by atoms with Gasteiger partial charge in [0.15, 0.2) is 0 Å². The third-order valence-corrected chi connectivity index (χ3v) is 9.19. The first-order chi connectivity index (χ1) is 20.2. The van der Waals surface area contributed by atoms with Crippen molar-refractivity contribution in [2.45, 2.75) is 56.9 Å². The van der Waals surface area contributed by atoms with Crippen molar-refractivity contribution in [3.8, 4) is 0 Å². The molecule has 0 radical (unpaired) electrons. The van der Waals surface area contributed by atoms with Crippen molar-refractivity contribution < 1.29 is 24.2 Å². The summed E-state index contributed by atoms with van der Waals surface area (Å²) in [7, 11) is 1.70. The first kappa shape index (κ1) is 29.7. The van der Waals surface area contributed by atoms with E-state index in [0.717, 1.165) is 22.4 Å². The number of ether oxygens (including phenoxy) is 1. The van der Waals surface area contributed by atoms with Crippen LogP contribution in [-0.2, 0) is 25.5 Å². The lowest BCUT2D eigenvalue weighted by molar-refractivity contribution is -0.146. The average molecular weight is 572 g/mol. The lowest BCUT2D eigenvalue weighted by Gasteiger charge is -2.39. The fourth-order valence-electron chi connectivity index (χ4n) is 7.31. The highest BCUT2D eigenvalue weighted by Gasteiger charge is 2.75. The molecule has 3 saturated heterocycles. The molecule has 8 nitrogen and oxygen atoms in total. The molecule has 0 saturated carbocycles. The van der Waals surface area contributed by atoms with Crippen LogP contribution >= 0.6 is 0 Å². The van der Waals surface area contributed by atoms with Crippen LogP contribution in [0.15, 0.2) is 73.8 Å². The minimum atomic E-state index is -1.17. The number of fused-ring (bicyclic) bond motifs is 1. The second kappa shape index (κ2) is 11.9. The van der Waals surface area contributed by atoms with Gasteiger partial charge in [0, 0.05) is 25.8 Å². The maximum atomic E-state index is 14.9. The van der Waals surface area contributed by atoms with Gasteiger partial charge in [-0.15, -0.1) is 13.2 Å². The van der Waals surface area contributed by atoms with Gasteiger partial charge in [0.1, 0.15) is 11.6 Å². The Hall–Kier alpha value is -3.75. The number of aryl methyl sites for hydroxylation is 2. The van der Waals surface area contributed by atoms with Crippen LogP contribution in [0.2, 0.25) is 0 Å². The molecule has 3 heterocycles. The van der Waals surface area contributed by atoms with Crippen LogP contribution in [0.1, 0.15) is 29.5 Å². The van der Waals surface area contributed by atoms with E-state index in [1.54, 1.807) is 33.9 Å². The molecule has 222 valence electrons. The van der Waals surface area contributed by atoms with Crippen molar-refractivity contribution in [2.75, 3.05) is 31.6 Å². The Balaban J connectivity index is 1.63. The van der Waals surface area contributed by atoms with E-state index in [1.807, 2.05) is 62.4 Å². The van der Waals surface area contributed by atoms with Gasteiger partial charge in [-0.05, 0) is 55.9 Å². The standard InChI is InChI=1S/C34H41N3O5/c1-6-17-35(5)31(39)28-27-15-16-34(42-27)29(28)32(40)37(25(21-38)20-24-11-9-8-10-12-24)30(34)33(41)36(18-7-2)26-19-22(3)13-14-23(26)4/h6-14,19,25,27-30,38H,1-2,15-18,20-21H2,3-5H3/t25-,27+,28-,29+,30?,34?/m1/s1. The molecular weight excluding hydrogens is 530 g/mol. The molecule has 3 amide bonds. The summed E-state index contributed by atoms with van der Waals surface area (Å²) >= 11 is 0.